The minimum absolute atomic E-state index is 0.854. The Labute approximate surface area is 220 Å². The van der Waals surface area contributed by atoms with Gasteiger partial charge in [-0.3, -0.25) is 0 Å². The summed E-state index contributed by atoms with van der Waals surface area (Å²) in [4.78, 5) is 3.63. The Kier molecular flexibility index (Phi) is 6.26. The maximum atomic E-state index is 6.33. The molecule has 0 bridgehead atoms. The molecule has 0 radical (unpaired) electrons. The lowest BCUT2D eigenvalue weighted by atomic mass is 10.0. The second-order valence-corrected chi connectivity index (χ2v) is 10.7. The van der Waals surface area contributed by atoms with E-state index in [1.54, 1.807) is 11.8 Å². The molecule has 2 aliphatic rings. The summed E-state index contributed by atoms with van der Waals surface area (Å²) in [5.41, 5.74) is 4.81. The molecule has 0 atom stereocenters. The van der Waals surface area contributed by atoms with Crippen molar-refractivity contribution in [1.29, 1.82) is 0 Å². The van der Waals surface area contributed by atoms with Crippen LogP contribution in [0.25, 0.3) is 21.9 Å². The molecular formula is C31H27N2OS2+. The van der Waals surface area contributed by atoms with Gasteiger partial charge in [-0.15, -0.1) is 0 Å². The second-order valence-electron chi connectivity index (χ2n) is 8.57. The molecule has 2 aliphatic heterocycles. The highest BCUT2D eigenvalue weighted by atomic mass is 32.2. The van der Waals surface area contributed by atoms with Crippen LogP contribution in [0.4, 0.5) is 5.69 Å². The number of hydrogen-bond donors (Lipinski definition) is 0. The summed E-state index contributed by atoms with van der Waals surface area (Å²) >= 11 is 3.63. The second kappa shape index (κ2) is 9.84. The fourth-order valence-corrected chi connectivity index (χ4v) is 7.04. The number of thiazole rings is 1. The van der Waals surface area contributed by atoms with Crippen LogP contribution >= 0.6 is 23.1 Å². The zero-order valence-electron chi connectivity index (χ0n) is 20.3. The van der Waals surface area contributed by atoms with Gasteiger partial charge in [0, 0.05) is 35.2 Å². The van der Waals surface area contributed by atoms with E-state index < -0.39 is 0 Å². The third-order valence-electron chi connectivity index (χ3n) is 6.41. The summed E-state index contributed by atoms with van der Waals surface area (Å²) in [6.07, 6.45) is 10.9. The highest BCUT2D eigenvalue weighted by Gasteiger charge is 2.25. The van der Waals surface area contributed by atoms with E-state index in [2.05, 4.69) is 114 Å². The molecule has 0 N–H and O–H groups in total. The predicted octanol–water partition coefficient (Wildman–Crippen LogP) is 8.06. The van der Waals surface area contributed by atoms with Gasteiger partial charge in [-0.1, -0.05) is 77.7 Å². The lowest BCUT2D eigenvalue weighted by Gasteiger charge is -2.21. The first-order valence-electron chi connectivity index (χ1n) is 12.3. The first-order chi connectivity index (χ1) is 17.7. The number of benzene rings is 3. The highest BCUT2D eigenvalue weighted by Crippen LogP contribution is 2.46. The fourth-order valence-electron chi connectivity index (χ4n) is 4.74. The molecule has 3 aromatic carbocycles. The van der Waals surface area contributed by atoms with Crippen molar-refractivity contribution in [1.82, 2.24) is 0 Å². The molecule has 0 spiro atoms. The Hall–Kier alpha value is -3.54. The van der Waals surface area contributed by atoms with Crippen LogP contribution < -0.4 is 14.2 Å². The predicted molar refractivity (Wildman–Crippen MR) is 153 cm³/mol. The number of nitrogens with zero attached hydrogens (tertiary/aromatic N) is 2. The van der Waals surface area contributed by atoms with E-state index in [-0.39, 0.29) is 0 Å². The number of ether oxygens (including phenoxy) is 1. The molecule has 4 aromatic rings. The van der Waals surface area contributed by atoms with Gasteiger partial charge in [-0.05, 0) is 49.8 Å². The molecule has 0 aliphatic carbocycles. The van der Waals surface area contributed by atoms with E-state index >= 15 is 0 Å². The Morgan fingerprint density at radius 2 is 1.75 bits per heavy atom. The first kappa shape index (κ1) is 22.9. The van der Waals surface area contributed by atoms with E-state index in [4.69, 9.17) is 4.74 Å². The summed E-state index contributed by atoms with van der Waals surface area (Å²) in [7, 11) is 0. The standard InChI is InChI=1S/C31H27N2OS2/c1-3-32-25-14-6-9-17-28(25)35-30(32)19-11-12-22-20-23(34-27-16-8-5-13-24(22)27)21-31-33(4-2)26-15-7-10-18-29(26)36-31/h5-21H,3-4H2,1-2H3/q+1. The van der Waals surface area contributed by atoms with Crippen molar-refractivity contribution in [3.8, 4) is 5.75 Å². The molecule has 36 heavy (non-hydrogen) atoms. The lowest BCUT2D eigenvalue weighted by molar-refractivity contribution is -0.665. The van der Waals surface area contributed by atoms with Gasteiger partial charge in [0.25, 0.3) is 5.01 Å². The van der Waals surface area contributed by atoms with Gasteiger partial charge < -0.3 is 9.64 Å². The molecule has 0 saturated carbocycles. The topological polar surface area (TPSA) is 16.4 Å². The highest BCUT2D eigenvalue weighted by molar-refractivity contribution is 8.03. The van der Waals surface area contributed by atoms with E-state index in [0.717, 1.165) is 35.7 Å². The van der Waals surface area contributed by atoms with Crippen LogP contribution in [-0.4, -0.2) is 6.54 Å². The van der Waals surface area contributed by atoms with Crippen molar-refractivity contribution < 1.29 is 9.30 Å². The summed E-state index contributed by atoms with van der Waals surface area (Å²) in [5.74, 6) is 1.74. The van der Waals surface area contributed by atoms with Gasteiger partial charge in [-0.2, -0.15) is 4.57 Å². The van der Waals surface area contributed by atoms with Crippen LogP contribution in [0, 0.1) is 0 Å². The summed E-state index contributed by atoms with van der Waals surface area (Å²) in [6, 6.07) is 25.4. The third-order valence-corrected chi connectivity index (χ3v) is 8.65. The zero-order chi connectivity index (χ0) is 24.5. The molecule has 3 heterocycles. The van der Waals surface area contributed by atoms with Gasteiger partial charge in [0.05, 0.1) is 10.7 Å². The summed E-state index contributed by atoms with van der Waals surface area (Å²) in [6.45, 7) is 6.25. The number of allylic oxidation sites excluding steroid dienone is 5. The van der Waals surface area contributed by atoms with Gasteiger partial charge in [-0.25, -0.2) is 0 Å². The molecule has 178 valence electrons. The van der Waals surface area contributed by atoms with Crippen molar-refractivity contribution in [3.05, 3.63) is 118 Å². The van der Waals surface area contributed by atoms with Crippen LogP contribution in [0.15, 0.2) is 113 Å². The van der Waals surface area contributed by atoms with Gasteiger partial charge in [0.1, 0.15) is 22.8 Å². The minimum atomic E-state index is 0.854. The van der Waals surface area contributed by atoms with Crippen LogP contribution in [0.1, 0.15) is 24.4 Å². The van der Waals surface area contributed by atoms with Gasteiger partial charge in [0.2, 0.25) is 5.52 Å². The molecule has 0 unspecified atom stereocenters. The molecule has 5 heteroatoms. The Morgan fingerprint density at radius 3 is 2.64 bits per heavy atom. The Bertz CT molecular complexity index is 1570. The Balaban J connectivity index is 1.36. The quantitative estimate of drug-likeness (QED) is 0.254. The number of rotatable bonds is 5. The largest absolute Gasteiger partial charge is 0.457 e. The number of anilines is 1. The molecule has 6 rings (SSSR count). The fraction of sp³-hybridized carbons (Fsp3) is 0.129. The number of aromatic nitrogens is 1. The van der Waals surface area contributed by atoms with Crippen molar-refractivity contribution in [2.75, 3.05) is 11.4 Å². The monoisotopic (exact) mass is 507 g/mol. The molecule has 1 aromatic heterocycles. The smallest absolute Gasteiger partial charge is 0.262 e. The number of hydrogen-bond acceptors (Lipinski definition) is 4. The number of para-hydroxylation sites is 3. The number of aryl methyl sites for hydroxylation is 1. The van der Waals surface area contributed by atoms with E-state index in [9.17, 15) is 0 Å². The lowest BCUT2D eigenvalue weighted by Crippen LogP contribution is -2.33. The van der Waals surface area contributed by atoms with Crippen molar-refractivity contribution in [3.63, 3.8) is 0 Å². The first-order valence-corrected chi connectivity index (χ1v) is 13.9. The van der Waals surface area contributed by atoms with Crippen LogP contribution in [-0.2, 0) is 6.54 Å². The van der Waals surface area contributed by atoms with E-state index in [1.807, 2.05) is 23.5 Å². The SMILES string of the molecule is CCN1/C(=C/C2=CC(=C/C=C/c3sc4ccccc4[n+]3CC)/c3ccccc3O2)Sc2ccccc21. The Morgan fingerprint density at radius 1 is 0.944 bits per heavy atom. The van der Waals surface area contributed by atoms with Gasteiger partial charge in [0.15, 0.2) is 0 Å². The van der Waals surface area contributed by atoms with E-state index in [0.29, 0.717) is 0 Å². The average Bonchev–Trinajstić information content (AvgIpc) is 3.45. The van der Waals surface area contributed by atoms with Crippen molar-refractivity contribution >= 4 is 50.7 Å². The number of thioether (sulfide) groups is 1. The van der Waals surface area contributed by atoms with Crippen LogP contribution in [0.3, 0.4) is 0 Å². The van der Waals surface area contributed by atoms with Crippen molar-refractivity contribution in [2.24, 2.45) is 0 Å². The van der Waals surface area contributed by atoms with Crippen LogP contribution in [0.2, 0.25) is 0 Å². The third kappa shape index (κ3) is 4.19. The average molecular weight is 508 g/mol. The maximum Gasteiger partial charge on any atom is 0.262 e. The van der Waals surface area contributed by atoms with Gasteiger partial charge >= 0.3 is 0 Å². The van der Waals surface area contributed by atoms with Crippen LogP contribution in [0.5, 0.6) is 5.75 Å². The minimum Gasteiger partial charge on any atom is -0.457 e. The molecule has 3 nitrogen and oxygen atoms in total. The number of fused-ring (bicyclic) bond motifs is 3. The molecule has 0 amide bonds. The molecule has 0 fully saturated rings. The summed E-state index contributed by atoms with van der Waals surface area (Å²) in [5, 5.41) is 2.44. The van der Waals surface area contributed by atoms with E-state index in [1.165, 1.54) is 30.8 Å². The van der Waals surface area contributed by atoms with Crippen molar-refractivity contribution in [2.45, 2.75) is 25.3 Å². The summed E-state index contributed by atoms with van der Waals surface area (Å²) < 4.78 is 10.0. The molecular weight excluding hydrogens is 480 g/mol. The maximum absolute atomic E-state index is 6.33. The molecule has 0 saturated heterocycles. The normalized spacial score (nSPS) is 17.1. The zero-order valence-corrected chi connectivity index (χ0v) is 22.0.